The van der Waals surface area contributed by atoms with Crippen LogP contribution in [0.25, 0.3) is 0 Å². The molecule has 0 bridgehead atoms. The number of carbonyl (C=O) groups is 3. The minimum absolute atomic E-state index is 0.0731. The van der Waals surface area contributed by atoms with Crippen LogP contribution in [0, 0.1) is 11.6 Å². The van der Waals surface area contributed by atoms with Gasteiger partial charge < -0.3 is 20.9 Å². The summed E-state index contributed by atoms with van der Waals surface area (Å²) in [4.78, 5) is 46.8. The Balaban J connectivity index is 1.08. The smallest absolute Gasteiger partial charge is 0.244 e. The Morgan fingerprint density at radius 1 is 1.00 bits per heavy atom. The number of amides is 3. The Kier molecular flexibility index (Phi) is 5.63. The molecule has 2 atom stereocenters. The number of hydrogen-bond donors (Lipinski definition) is 3. The molecule has 2 aromatic carbocycles. The van der Waals surface area contributed by atoms with E-state index in [1.165, 1.54) is 6.07 Å². The second kappa shape index (κ2) is 9.16. The fraction of sp³-hybridized carbons (Fsp3) is 0.394. The number of hydrogen-bond acceptors (Lipinski definition) is 5. The van der Waals surface area contributed by atoms with Crippen molar-refractivity contribution in [3.05, 3.63) is 88.1 Å². The number of carbonyl (C=O) groups excluding carboxylic acids is 3. The summed E-state index contributed by atoms with van der Waals surface area (Å²) >= 11 is 0. The summed E-state index contributed by atoms with van der Waals surface area (Å²) in [6.45, 7) is 0.101. The van der Waals surface area contributed by atoms with Gasteiger partial charge in [0.15, 0.2) is 0 Å². The molecule has 3 heterocycles. The van der Waals surface area contributed by atoms with Crippen LogP contribution in [0.4, 0.5) is 20.3 Å². The SMILES string of the molecule is O=C(CN1C(=O)C2(CCCC2)NCC12CCc1c(F)cc(F)cc12)Nc1ccc2c(c1)CC1(C2)C(=O)Nc2ncccc21. The van der Waals surface area contributed by atoms with Crippen molar-refractivity contribution in [1.82, 2.24) is 15.2 Å². The van der Waals surface area contributed by atoms with Crippen molar-refractivity contribution in [2.24, 2.45) is 0 Å². The molecule has 43 heavy (non-hydrogen) atoms. The van der Waals surface area contributed by atoms with E-state index in [0.29, 0.717) is 67.7 Å². The van der Waals surface area contributed by atoms with Gasteiger partial charge in [-0.3, -0.25) is 14.4 Å². The van der Waals surface area contributed by atoms with Crippen molar-refractivity contribution in [2.45, 2.75) is 67.9 Å². The number of nitrogens with one attached hydrogen (secondary N) is 3. The largest absolute Gasteiger partial charge is 0.325 e. The Morgan fingerprint density at radius 2 is 1.81 bits per heavy atom. The number of anilines is 2. The number of nitrogens with zero attached hydrogens (tertiary/aromatic N) is 2. The Labute approximate surface area is 247 Å². The van der Waals surface area contributed by atoms with Crippen molar-refractivity contribution in [3.8, 4) is 0 Å². The standard InChI is InChI=1S/C33H31F2N5O3/c34-21-13-25-23(26(35)14-21)7-10-33(25)18-37-32(8-1-2-9-32)30(43)40(33)17-27(41)38-22-6-5-19-15-31(16-20(19)12-22)24-4-3-11-36-28(24)39-29(31)42/h3-6,11-14,37H,1-2,7-10,15-18H2,(H,38,41)(H,36,39,42). The lowest BCUT2D eigenvalue weighted by molar-refractivity contribution is -0.154. The lowest BCUT2D eigenvalue weighted by Crippen LogP contribution is -2.71. The second-order valence-corrected chi connectivity index (χ2v) is 12.8. The fourth-order valence-electron chi connectivity index (χ4n) is 8.42. The molecule has 1 saturated heterocycles. The monoisotopic (exact) mass is 583 g/mol. The van der Waals surface area contributed by atoms with E-state index in [9.17, 15) is 23.2 Å². The van der Waals surface area contributed by atoms with Gasteiger partial charge in [0.05, 0.1) is 16.5 Å². The van der Waals surface area contributed by atoms with E-state index in [1.807, 2.05) is 30.3 Å². The summed E-state index contributed by atoms with van der Waals surface area (Å²) in [6, 6.07) is 11.6. The van der Waals surface area contributed by atoms with Gasteiger partial charge in [-0.15, -0.1) is 0 Å². The van der Waals surface area contributed by atoms with Crippen molar-refractivity contribution in [2.75, 3.05) is 23.7 Å². The predicted octanol–water partition coefficient (Wildman–Crippen LogP) is 3.87. The van der Waals surface area contributed by atoms with Crippen LogP contribution in [0.3, 0.4) is 0 Å². The normalized spacial score (nSPS) is 26.2. The molecule has 3 amide bonds. The molecular formula is C33H31F2N5O3. The summed E-state index contributed by atoms with van der Waals surface area (Å²) in [6.07, 6.45) is 6.62. The third kappa shape index (κ3) is 3.75. The minimum atomic E-state index is -1.01. The highest BCUT2D eigenvalue weighted by Gasteiger charge is 2.57. The van der Waals surface area contributed by atoms with Gasteiger partial charge in [-0.25, -0.2) is 13.8 Å². The van der Waals surface area contributed by atoms with Gasteiger partial charge in [-0.05, 0) is 85.0 Å². The van der Waals surface area contributed by atoms with Gasteiger partial charge in [0.1, 0.15) is 24.0 Å². The maximum atomic E-state index is 14.8. The Hall–Kier alpha value is -4.18. The molecule has 3 aromatic rings. The highest BCUT2D eigenvalue weighted by Crippen LogP contribution is 2.49. The van der Waals surface area contributed by atoms with Crippen molar-refractivity contribution in [1.29, 1.82) is 0 Å². The van der Waals surface area contributed by atoms with Gasteiger partial charge in [0.2, 0.25) is 17.7 Å². The highest BCUT2D eigenvalue weighted by molar-refractivity contribution is 6.06. The Morgan fingerprint density at radius 3 is 2.65 bits per heavy atom. The maximum absolute atomic E-state index is 14.8. The molecule has 2 unspecified atom stereocenters. The van der Waals surface area contributed by atoms with E-state index in [2.05, 4.69) is 20.9 Å². The predicted molar refractivity (Wildman–Crippen MR) is 154 cm³/mol. The number of aromatic nitrogens is 1. The van der Waals surface area contributed by atoms with Crippen LogP contribution in [0.5, 0.6) is 0 Å². The zero-order valence-corrected chi connectivity index (χ0v) is 23.6. The van der Waals surface area contributed by atoms with Crippen LogP contribution in [0.2, 0.25) is 0 Å². The summed E-state index contributed by atoms with van der Waals surface area (Å²) < 4.78 is 29.3. The maximum Gasteiger partial charge on any atom is 0.244 e. The molecule has 1 aromatic heterocycles. The molecule has 1 saturated carbocycles. The topological polar surface area (TPSA) is 103 Å². The summed E-state index contributed by atoms with van der Waals surface area (Å²) in [5.41, 5.74) is 1.83. The van der Waals surface area contributed by atoms with Crippen LogP contribution in [-0.4, -0.2) is 46.2 Å². The molecule has 8 rings (SSSR count). The minimum Gasteiger partial charge on any atom is -0.325 e. The molecule has 10 heteroatoms. The first-order valence-corrected chi connectivity index (χ1v) is 15.0. The third-order valence-corrected chi connectivity index (χ3v) is 10.6. The van der Waals surface area contributed by atoms with Crippen LogP contribution < -0.4 is 16.0 Å². The molecule has 220 valence electrons. The molecule has 5 aliphatic rings. The summed E-state index contributed by atoms with van der Waals surface area (Å²) in [5, 5.41) is 9.34. The molecule has 3 aliphatic carbocycles. The molecule has 3 N–H and O–H groups in total. The van der Waals surface area contributed by atoms with E-state index in [-0.39, 0.29) is 24.3 Å². The molecular weight excluding hydrogens is 552 g/mol. The number of halogens is 2. The van der Waals surface area contributed by atoms with Crippen LogP contribution in [-0.2, 0) is 44.6 Å². The van der Waals surface area contributed by atoms with Gasteiger partial charge >= 0.3 is 0 Å². The Bertz CT molecular complexity index is 1740. The van der Waals surface area contributed by atoms with Gasteiger partial charge in [0, 0.05) is 30.1 Å². The second-order valence-electron chi connectivity index (χ2n) is 12.8. The first-order valence-electron chi connectivity index (χ1n) is 15.0. The number of piperazine rings is 1. The first-order chi connectivity index (χ1) is 20.7. The summed E-state index contributed by atoms with van der Waals surface area (Å²) in [7, 11) is 0. The number of rotatable bonds is 3. The van der Waals surface area contributed by atoms with Gasteiger partial charge in [-0.1, -0.05) is 25.0 Å². The number of pyridine rings is 1. The first kappa shape index (κ1) is 26.4. The zero-order valence-electron chi connectivity index (χ0n) is 23.6. The van der Waals surface area contributed by atoms with E-state index < -0.39 is 28.1 Å². The van der Waals surface area contributed by atoms with Crippen molar-refractivity contribution in [3.63, 3.8) is 0 Å². The average molecular weight is 584 g/mol. The van der Waals surface area contributed by atoms with E-state index >= 15 is 0 Å². The van der Waals surface area contributed by atoms with Crippen LogP contribution in [0.15, 0.2) is 48.7 Å². The molecule has 3 spiro atoms. The quantitative estimate of drug-likeness (QED) is 0.435. The van der Waals surface area contributed by atoms with Crippen LogP contribution >= 0.6 is 0 Å². The van der Waals surface area contributed by atoms with Crippen molar-refractivity contribution >= 4 is 29.2 Å². The molecule has 2 fully saturated rings. The zero-order chi connectivity index (χ0) is 29.6. The molecule has 0 radical (unpaired) electrons. The molecule has 2 aliphatic heterocycles. The lowest BCUT2D eigenvalue weighted by atomic mass is 9.79. The third-order valence-electron chi connectivity index (χ3n) is 10.6. The number of benzene rings is 2. The highest BCUT2D eigenvalue weighted by atomic mass is 19.1. The number of fused-ring (bicyclic) bond motifs is 5. The van der Waals surface area contributed by atoms with Gasteiger partial charge in [0.25, 0.3) is 0 Å². The fourth-order valence-corrected chi connectivity index (χ4v) is 8.42. The molecule has 8 nitrogen and oxygen atoms in total. The average Bonchev–Trinajstić information content (AvgIpc) is 3.75. The summed E-state index contributed by atoms with van der Waals surface area (Å²) in [5.74, 6) is -1.35. The van der Waals surface area contributed by atoms with Gasteiger partial charge in [-0.2, -0.15) is 0 Å². The van der Waals surface area contributed by atoms with E-state index in [0.717, 1.165) is 35.6 Å². The van der Waals surface area contributed by atoms with Crippen LogP contribution in [0.1, 0.15) is 59.9 Å². The van der Waals surface area contributed by atoms with E-state index in [1.54, 1.807) is 11.1 Å². The van der Waals surface area contributed by atoms with Crippen molar-refractivity contribution < 1.29 is 23.2 Å². The van der Waals surface area contributed by atoms with E-state index in [4.69, 9.17) is 0 Å². The lowest BCUT2D eigenvalue weighted by Gasteiger charge is -2.52.